The Morgan fingerprint density at radius 1 is 1.15 bits per heavy atom. The molecule has 0 aromatic heterocycles. The molecule has 0 bridgehead atoms. The number of nitrogens with zero attached hydrogens (tertiary/aromatic N) is 1. The molecule has 0 saturated heterocycles. The maximum atomic E-state index is 12.6. The van der Waals surface area contributed by atoms with Gasteiger partial charge in [-0.25, -0.2) is 8.42 Å². The van der Waals surface area contributed by atoms with Gasteiger partial charge in [0.05, 0.1) is 4.90 Å². The third kappa shape index (κ3) is 3.96. The molecule has 0 fully saturated rings. The van der Waals surface area contributed by atoms with Gasteiger partial charge in [-0.3, -0.25) is 0 Å². The van der Waals surface area contributed by atoms with E-state index in [0.717, 1.165) is 30.4 Å². The van der Waals surface area contributed by atoms with Gasteiger partial charge in [0, 0.05) is 19.0 Å². The molecule has 0 amide bonds. The molecule has 0 radical (unpaired) electrons. The molecule has 3 nitrogen and oxygen atoms in total. The van der Waals surface area contributed by atoms with Crippen LogP contribution in [0, 0.1) is 0 Å². The molecule has 0 atom stereocenters. The van der Waals surface area contributed by atoms with Crippen LogP contribution in [-0.2, 0) is 22.3 Å². The molecule has 0 aliphatic rings. The van der Waals surface area contributed by atoms with Crippen LogP contribution in [0.15, 0.2) is 23.1 Å². The molecule has 1 rings (SSSR count). The SMILES string of the molecule is CCCCN(CC)S(=O)(=O)c1ccc(CC)c(CCl)c1. The fourth-order valence-corrected chi connectivity index (χ4v) is 3.95. The molecule has 0 spiro atoms. The minimum Gasteiger partial charge on any atom is -0.207 e. The molecule has 0 N–H and O–H groups in total. The Morgan fingerprint density at radius 2 is 1.85 bits per heavy atom. The summed E-state index contributed by atoms with van der Waals surface area (Å²) in [5.74, 6) is 0.341. The summed E-state index contributed by atoms with van der Waals surface area (Å²) in [6.07, 6.45) is 2.71. The summed E-state index contributed by atoms with van der Waals surface area (Å²) in [4.78, 5) is 0.350. The van der Waals surface area contributed by atoms with E-state index < -0.39 is 10.0 Å². The van der Waals surface area contributed by atoms with Crippen molar-refractivity contribution in [3.63, 3.8) is 0 Å². The molecule has 0 aliphatic carbocycles. The number of rotatable bonds is 8. The van der Waals surface area contributed by atoms with E-state index in [1.807, 2.05) is 19.9 Å². The van der Waals surface area contributed by atoms with Crippen molar-refractivity contribution in [1.29, 1.82) is 0 Å². The zero-order valence-electron chi connectivity index (χ0n) is 12.5. The Morgan fingerprint density at radius 3 is 2.35 bits per heavy atom. The lowest BCUT2D eigenvalue weighted by Crippen LogP contribution is -2.31. The predicted octanol–water partition coefficient (Wildman–Crippen LogP) is 3.80. The molecule has 0 heterocycles. The number of halogens is 1. The van der Waals surface area contributed by atoms with Crippen molar-refractivity contribution >= 4 is 21.6 Å². The molecule has 20 heavy (non-hydrogen) atoms. The number of sulfonamides is 1. The minimum absolute atomic E-state index is 0.341. The second-order valence-corrected chi connectivity index (χ2v) is 6.97. The lowest BCUT2D eigenvalue weighted by Gasteiger charge is -2.21. The number of hydrogen-bond donors (Lipinski definition) is 0. The van der Waals surface area contributed by atoms with Gasteiger partial charge in [-0.15, -0.1) is 11.6 Å². The number of hydrogen-bond acceptors (Lipinski definition) is 2. The van der Waals surface area contributed by atoms with Gasteiger partial charge in [-0.05, 0) is 36.1 Å². The maximum absolute atomic E-state index is 12.6. The van der Waals surface area contributed by atoms with E-state index >= 15 is 0 Å². The first kappa shape index (κ1) is 17.5. The summed E-state index contributed by atoms with van der Waals surface area (Å²) >= 11 is 5.92. The van der Waals surface area contributed by atoms with Crippen LogP contribution >= 0.6 is 11.6 Å². The zero-order chi connectivity index (χ0) is 15.2. The first-order valence-corrected chi connectivity index (χ1v) is 9.16. The Bertz CT molecular complexity index is 529. The van der Waals surface area contributed by atoms with Crippen LogP contribution in [0.1, 0.15) is 44.7 Å². The van der Waals surface area contributed by atoms with E-state index in [1.165, 1.54) is 4.31 Å². The quantitative estimate of drug-likeness (QED) is 0.684. The average Bonchev–Trinajstić information content (AvgIpc) is 2.46. The van der Waals surface area contributed by atoms with E-state index in [1.54, 1.807) is 12.1 Å². The van der Waals surface area contributed by atoms with Gasteiger partial charge in [0.15, 0.2) is 0 Å². The fourth-order valence-electron chi connectivity index (χ4n) is 2.16. The van der Waals surface area contributed by atoms with Crippen LogP contribution in [0.5, 0.6) is 0 Å². The highest BCUT2D eigenvalue weighted by Crippen LogP contribution is 2.22. The lowest BCUT2D eigenvalue weighted by molar-refractivity contribution is 0.419. The van der Waals surface area contributed by atoms with Gasteiger partial charge in [-0.2, -0.15) is 4.31 Å². The minimum atomic E-state index is -3.41. The summed E-state index contributed by atoms with van der Waals surface area (Å²) in [7, 11) is -3.41. The first-order chi connectivity index (χ1) is 9.51. The van der Waals surface area contributed by atoms with Crippen LogP contribution in [0.2, 0.25) is 0 Å². The molecule has 0 aliphatic heterocycles. The van der Waals surface area contributed by atoms with E-state index in [0.29, 0.717) is 23.9 Å². The molecular weight excluding hydrogens is 294 g/mol. The first-order valence-electron chi connectivity index (χ1n) is 7.19. The van der Waals surface area contributed by atoms with Crippen LogP contribution in [-0.4, -0.2) is 25.8 Å². The largest absolute Gasteiger partial charge is 0.243 e. The number of benzene rings is 1. The third-order valence-corrected chi connectivity index (χ3v) is 5.71. The molecule has 1 aromatic rings. The van der Waals surface area contributed by atoms with E-state index in [4.69, 9.17) is 11.6 Å². The van der Waals surface area contributed by atoms with Gasteiger partial charge in [0.25, 0.3) is 0 Å². The molecule has 0 saturated carbocycles. The third-order valence-electron chi connectivity index (χ3n) is 3.45. The van der Waals surface area contributed by atoms with E-state index in [-0.39, 0.29) is 0 Å². The van der Waals surface area contributed by atoms with Crippen LogP contribution in [0.3, 0.4) is 0 Å². The van der Waals surface area contributed by atoms with Gasteiger partial charge in [-0.1, -0.05) is 33.3 Å². The van der Waals surface area contributed by atoms with Crippen molar-refractivity contribution in [3.05, 3.63) is 29.3 Å². The molecule has 114 valence electrons. The summed E-state index contributed by atoms with van der Waals surface area (Å²) in [6, 6.07) is 5.28. The standard InChI is InChI=1S/C15H24ClNO2S/c1-4-7-10-17(6-3)20(18,19)15-9-8-13(5-2)14(11-15)12-16/h8-9,11H,4-7,10,12H2,1-3H3. The van der Waals surface area contributed by atoms with Crippen molar-refractivity contribution in [2.24, 2.45) is 0 Å². The van der Waals surface area contributed by atoms with Gasteiger partial charge in [0.1, 0.15) is 0 Å². The van der Waals surface area contributed by atoms with Crippen molar-refractivity contribution in [2.75, 3.05) is 13.1 Å². The van der Waals surface area contributed by atoms with Crippen LogP contribution < -0.4 is 0 Å². The van der Waals surface area contributed by atoms with Gasteiger partial charge in [0.2, 0.25) is 10.0 Å². The van der Waals surface area contributed by atoms with Crippen molar-refractivity contribution in [2.45, 2.75) is 50.8 Å². The highest BCUT2D eigenvalue weighted by atomic mass is 35.5. The number of aryl methyl sites for hydroxylation is 1. The normalized spacial score (nSPS) is 12.1. The van der Waals surface area contributed by atoms with Crippen molar-refractivity contribution in [3.8, 4) is 0 Å². The summed E-state index contributed by atoms with van der Waals surface area (Å²) in [6.45, 7) is 7.03. The number of alkyl halides is 1. The topological polar surface area (TPSA) is 37.4 Å². The Kier molecular flexibility index (Phi) is 7.00. The van der Waals surface area contributed by atoms with Crippen molar-refractivity contribution < 1.29 is 8.42 Å². The maximum Gasteiger partial charge on any atom is 0.243 e. The average molecular weight is 318 g/mol. The fraction of sp³-hybridized carbons (Fsp3) is 0.600. The zero-order valence-corrected chi connectivity index (χ0v) is 14.1. The van der Waals surface area contributed by atoms with Crippen LogP contribution in [0.4, 0.5) is 0 Å². The number of unbranched alkanes of at least 4 members (excludes halogenated alkanes) is 1. The van der Waals surface area contributed by atoms with E-state index in [9.17, 15) is 8.42 Å². The molecular formula is C15H24ClNO2S. The Labute approximate surface area is 128 Å². The predicted molar refractivity (Wildman–Crippen MR) is 84.7 cm³/mol. The van der Waals surface area contributed by atoms with Crippen molar-refractivity contribution in [1.82, 2.24) is 4.31 Å². The van der Waals surface area contributed by atoms with Crippen LogP contribution in [0.25, 0.3) is 0 Å². The summed E-state index contributed by atoms with van der Waals surface area (Å²) < 4.78 is 26.8. The second kappa shape index (κ2) is 8.01. The monoisotopic (exact) mass is 317 g/mol. The Hall–Kier alpha value is -0.580. The lowest BCUT2D eigenvalue weighted by atomic mass is 10.1. The van der Waals surface area contributed by atoms with Gasteiger partial charge >= 0.3 is 0 Å². The molecule has 1 aromatic carbocycles. The molecule has 5 heteroatoms. The summed E-state index contributed by atoms with van der Waals surface area (Å²) in [5.41, 5.74) is 2.01. The molecule has 0 unspecified atom stereocenters. The highest BCUT2D eigenvalue weighted by Gasteiger charge is 2.23. The van der Waals surface area contributed by atoms with E-state index in [2.05, 4.69) is 6.92 Å². The summed E-state index contributed by atoms with van der Waals surface area (Å²) in [5, 5.41) is 0. The Balaban J connectivity index is 3.13. The smallest absolute Gasteiger partial charge is 0.207 e. The second-order valence-electron chi connectivity index (χ2n) is 4.77. The van der Waals surface area contributed by atoms with Gasteiger partial charge < -0.3 is 0 Å². The highest BCUT2D eigenvalue weighted by molar-refractivity contribution is 7.89.